The number of phenolic OH excluding ortho intramolecular Hbond substituents is 1. The minimum absolute atomic E-state index is 0.0667. The Morgan fingerprint density at radius 2 is 1.73 bits per heavy atom. The van der Waals surface area contributed by atoms with Gasteiger partial charge in [-0.25, -0.2) is 0 Å². The highest BCUT2D eigenvalue weighted by atomic mass is 16.6. The Morgan fingerprint density at radius 1 is 1.09 bits per heavy atom. The number of phenols is 1. The van der Waals surface area contributed by atoms with E-state index in [0.29, 0.717) is 16.7 Å². The highest BCUT2D eigenvalue weighted by Gasteiger charge is 2.73. The number of benzene rings is 2. The summed E-state index contributed by atoms with van der Waals surface area (Å²) in [4.78, 5) is 66.9. The van der Waals surface area contributed by atoms with Gasteiger partial charge in [0.1, 0.15) is 5.75 Å². The number of hydrogen-bond donors (Lipinski definition) is 2. The van der Waals surface area contributed by atoms with Crippen molar-refractivity contribution in [3.8, 4) is 16.9 Å². The van der Waals surface area contributed by atoms with Crippen LogP contribution in [0.5, 0.6) is 5.75 Å². The van der Waals surface area contributed by atoms with Crippen molar-refractivity contribution < 1.29 is 34.3 Å². The van der Waals surface area contributed by atoms with Crippen molar-refractivity contribution in [2.75, 3.05) is 0 Å². The van der Waals surface area contributed by atoms with Gasteiger partial charge in [0.25, 0.3) is 5.69 Å². The van der Waals surface area contributed by atoms with Crippen LogP contribution in [0.3, 0.4) is 0 Å². The fraction of sp³-hybridized carbons (Fsp3) is 0.486. The lowest BCUT2D eigenvalue weighted by Gasteiger charge is -2.62. The van der Waals surface area contributed by atoms with E-state index < -0.39 is 62.1 Å². The van der Waals surface area contributed by atoms with Crippen LogP contribution in [-0.2, 0) is 20.8 Å². The zero-order chi connectivity index (χ0) is 32.8. The number of fused-ring (bicyclic) bond motifs is 3. The molecule has 2 aromatic rings. The van der Waals surface area contributed by atoms with Crippen molar-refractivity contribution >= 4 is 28.8 Å². The normalized spacial score (nSPS) is 29.9. The molecule has 2 N–H and O–H groups in total. The molecule has 232 valence electrons. The Kier molecular flexibility index (Phi) is 7.16. The number of hydrogen-bond acceptors (Lipinski definition) is 8. The molecule has 0 aliphatic heterocycles. The van der Waals surface area contributed by atoms with Gasteiger partial charge in [0.15, 0.2) is 23.0 Å². The zero-order valence-electron chi connectivity index (χ0n) is 26.4. The Hall–Kier alpha value is -3.98. The number of nitrogens with zero attached hydrogens (tertiary/aromatic N) is 1. The number of allylic oxidation sites excluding steroid dienone is 1. The Bertz CT molecular complexity index is 1720. The average molecular weight is 602 g/mol. The maximum Gasteiger partial charge on any atom is 0.270 e. The SMILES string of the molecule is CC(=O)C1=C(C)[C@@H](C(C)C)[C@]2(C)C[C@]3(C)Cc4c(C(C)C)cc(-c5cccc([N+](=O)[O-])c5)c(O)c4C(=O)C3C(=O)[C@]2(O)C1=O. The van der Waals surface area contributed by atoms with Crippen molar-refractivity contribution in [1.29, 1.82) is 0 Å². The quantitative estimate of drug-likeness (QED) is 0.185. The van der Waals surface area contributed by atoms with Gasteiger partial charge in [-0.1, -0.05) is 59.2 Å². The molecule has 1 unspecified atom stereocenters. The summed E-state index contributed by atoms with van der Waals surface area (Å²) in [5.41, 5.74) is -2.92. The molecule has 5 atom stereocenters. The maximum absolute atomic E-state index is 14.6. The van der Waals surface area contributed by atoms with Crippen molar-refractivity contribution in [3.05, 3.63) is 68.3 Å². The van der Waals surface area contributed by atoms with Gasteiger partial charge in [-0.05, 0) is 72.6 Å². The Balaban J connectivity index is 1.77. The number of non-ortho nitro benzene ring substituents is 1. The van der Waals surface area contributed by atoms with Crippen LogP contribution in [0.4, 0.5) is 5.69 Å². The van der Waals surface area contributed by atoms with Gasteiger partial charge in [-0.3, -0.25) is 29.3 Å². The number of carbonyl (C=O) groups is 4. The molecule has 2 aromatic carbocycles. The third-order valence-electron chi connectivity index (χ3n) is 10.6. The molecule has 0 aromatic heterocycles. The van der Waals surface area contributed by atoms with Crippen LogP contribution in [0.1, 0.15) is 89.2 Å². The van der Waals surface area contributed by atoms with Crippen LogP contribution >= 0.6 is 0 Å². The fourth-order valence-electron chi connectivity index (χ4n) is 9.11. The van der Waals surface area contributed by atoms with Gasteiger partial charge in [-0.15, -0.1) is 0 Å². The minimum Gasteiger partial charge on any atom is -0.507 e. The first-order chi connectivity index (χ1) is 20.3. The molecule has 0 bridgehead atoms. The van der Waals surface area contributed by atoms with E-state index >= 15 is 0 Å². The summed E-state index contributed by atoms with van der Waals surface area (Å²) in [5.74, 6) is -5.76. The van der Waals surface area contributed by atoms with E-state index in [9.17, 15) is 39.5 Å². The number of carbonyl (C=O) groups excluding carboxylic acids is 4. The van der Waals surface area contributed by atoms with Crippen LogP contribution in [0, 0.1) is 38.7 Å². The second-order valence-corrected chi connectivity index (χ2v) is 14.1. The molecule has 0 heterocycles. The highest BCUT2D eigenvalue weighted by Crippen LogP contribution is 2.65. The van der Waals surface area contributed by atoms with Gasteiger partial charge in [-0.2, -0.15) is 0 Å². The van der Waals surface area contributed by atoms with Crippen LogP contribution in [-0.4, -0.2) is 43.9 Å². The molecule has 0 spiro atoms. The molecule has 1 saturated carbocycles. The maximum atomic E-state index is 14.6. The summed E-state index contributed by atoms with van der Waals surface area (Å²) in [6.45, 7) is 14.3. The largest absolute Gasteiger partial charge is 0.507 e. The van der Waals surface area contributed by atoms with E-state index in [4.69, 9.17) is 0 Å². The number of ketones is 4. The van der Waals surface area contributed by atoms with E-state index in [2.05, 4.69) is 0 Å². The summed E-state index contributed by atoms with van der Waals surface area (Å²) >= 11 is 0. The Labute approximate surface area is 256 Å². The molecule has 3 aliphatic rings. The van der Waals surface area contributed by atoms with E-state index in [1.165, 1.54) is 25.1 Å². The fourth-order valence-corrected chi connectivity index (χ4v) is 9.11. The lowest BCUT2D eigenvalue weighted by Crippen LogP contribution is -2.73. The highest BCUT2D eigenvalue weighted by molar-refractivity contribution is 6.33. The topological polar surface area (TPSA) is 152 Å². The summed E-state index contributed by atoms with van der Waals surface area (Å²) < 4.78 is 0. The average Bonchev–Trinajstić information content (AvgIpc) is 2.90. The number of rotatable bonds is 5. The molecule has 0 amide bonds. The van der Waals surface area contributed by atoms with E-state index in [1.807, 2.05) is 34.6 Å². The summed E-state index contributed by atoms with van der Waals surface area (Å²) in [5, 5.41) is 35.4. The monoisotopic (exact) mass is 601 g/mol. The third kappa shape index (κ3) is 4.01. The minimum atomic E-state index is -2.62. The van der Waals surface area contributed by atoms with E-state index in [0.717, 1.165) is 5.56 Å². The smallest absolute Gasteiger partial charge is 0.270 e. The molecule has 5 rings (SSSR count). The molecular formula is C35H39NO8. The second-order valence-electron chi connectivity index (χ2n) is 14.1. The van der Waals surface area contributed by atoms with Crippen LogP contribution in [0.2, 0.25) is 0 Å². The first kappa shape index (κ1) is 31.4. The van der Waals surface area contributed by atoms with E-state index in [1.54, 1.807) is 26.0 Å². The predicted molar refractivity (Wildman–Crippen MR) is 163 cm³/mol. The number of nitro benzene ring substituents is 1. The lowest BCUT2D eigenvalue weighted by molar-refractivity contribution is -0.384. The lowest BCUT2D eigenvalue weighted by atomic mass is 9.40. The van der Waals surface area contributed by atoms with Crippen LogP contribution < -0.4 is 0 Å². The molecule has 9 nitrogen and oxygen atoms in total. The number of Topliss-reactive ketones (excluding diaryl/α,β-unsaturated/α-hetero) is 4. The Morgan fingerprint density at radius 3 is 2.27 bits per heavy atom. The molecule has 0 saturated heterocycles. The van der Waals surface area contributed by atoms with Crippen molar-refractivity contribution in [1.82, 2.24) is 0 Å². The van der Waals surface area contributed by atoms with Gasteiger partial charge in [0.2, 0.25) is 5.78 Å². The number of nitro groups is 1. The van der Waals surface area contributed by atoms with Gasteiger partial charge in [0, 0.05) is 23.1 Å². The molecule has 9 heteroatoms. The second kappa shape index (κ2) is 10.0. The molecule has 44 heavy (non-hydrogen) atoms. The molecule has 1 fully saturated rings. The van der Waals surface area contributed by atoms with Gasteiger partial charge in [0.05, 0.1) is 22.0 Å². The van der Waals surface area contributed by atoms with Gasteiger partial charge >= 0.3 is 0 Å². The summed E-state index contributed by atoms with van der Waals surface area (Å²) in [7, 11) is 0. The summed E-state index contributed by atoms with van der Waals surface area (Å²) in [6.07, 6.45) is 0.383. The zero-order valence-corrected chi connectivity index (χ0v) is 26.4. The van der Waals surface area contributed by atoms with Crippen molar-refractivity contribution in [3.63, 3.8) is 0 Å². The molecular weight excluding hydrogens is 562 g/mol. The van der Waals surface area contributed by atoms with Gasteiger partial charge < -0.3 is 10.2 Å². The molecule has 3 aliphatic carbocycles. The first-order valence-corrected chi connectivity index (χ1v) is 15.0. The van der Waals surface area contributed by atoms with E-state index in [-0.39, 0.29) is 47.1 Å². The van der Waals surface area contributed by atoms with Crippen LogP contribution in [0.25, 0.3) is 11.1 Å². The van der Waals surface area contributed by atoms with Crippen molar-refractivity contribution in [2.24, 2.45) is 28.6 Å². The van der Waals surface area contributed by atoms with Crippen molar-refractivity contribution in [2.45, 2.75) is 79.8 Å². The summed E-state index contributed by atoms with van der Waals surface area (Å²) in [6, 6.07) is 7.48. The van der Waals surface area contributed by atoms with Crippen LogP contribution in [0.15, 0.2) is 41.5 Å². The predicted octanol–water partition coefficient (Wildman–Crippen LogP) is 5.92. The molecule has 0 radical (unpaired) electrons. The standard InChI is InChI=1S/C35H39NO8/c1-16(2)22-13-23(20-10-9-11-21(12-20)36(43)44)29(38)26-24(22)14-33(7)15-34(8)27(17(3)4)18(5)25(19(6)37)31(40)35(34,42)32(41)28(33)30(26)39/h9-13,16-17,27-28,38,42H,14-15H2,1-8H3/t27-,28?,33+,34+,35-/m1/s1. The number of aromatic hydroxyl groups is 1. The number of aliphatic hydroxyl groups is 1. The first-order valence-electron chi connectivity index (χ1n) is 15.0. The third-order valence-corrected chi connectivity index (χ3v) is 10.6.